The second-order valence-electron chi connectivity index (χ2n) is 6.68. The highest BCUT2D eigenvalue weighted by atomic mass is 16.3. The monoisotopic (exact) mass is 270 g/mol. The van der Waals surface area contributed by atoms with Gasteiger partial charge in [-0.3, -0.25) is 0 Å². The third-order valence-corrected chi connectivity index (χ3v) is 5.87. The van der Waals surface area contributed by atoms with Gasteiger partial charge in [0.2, 0.25) is 0 Å². The average Bonchev–Trinajstić information content (AvgIpc) is 2.42. The number of hydrogen-bond donors (Lipinski definition) is 4. The van der Waals surface area contributed by atoms with Gasteiger partial charge in [-0.25, -0.2) is 0 Å². The zero-order chi connectivity index (χ0) is 14.3. The molecule has 110 valence electrons. The third-order valence-electron chi connectivity index (χ3n) is 5.87. The first kappa shape index (κ1) is 15.0. The van der Waals surface area contributed by atoms with E-state index in [2.05, 4.69) is 6.92 Å². The van der Waals surface area contributed by atoms with Gasteiger partial charge in [0, 0.05) is 11.3 Å². The number of hydrogen-bond acceptors (Lipinski definition) is 4. The van der Waals surface area contributed by atoms with E-state index in [-0.39, 0.29) is 37.1 Å². The summed E-state index contributed by atoms with van der Waals surface area (Å²) in [6.45, 7) is 4.00. The molecule has 0 aromatic rings. The van der Waals surface area contributed by atoms with Crippen molar-refractivity contribution in [3.8, 4) is 0 Å². The van der Waals surface area contributed by atoms with Crippen molar-refractivity contribution in [2.75, 3.05) is 19.8 Å². The second-order valence-corrected chi connectivity index (χ2v) is 6.68. The van der Waals surface area contributed by atoms with Gasteiger partial charge < -0.3 is 20.4 Å². The highest BCUT2D eigenvalue weighted by Crippen LogP contribution is 2.59. The molecular weight excluding hydrogens is 244 g/mol. The van der Waals surface area contributed by atoms with Gasteiger partial charge in [-0.05, 0) is 36.2 Å². The summed E-state index contributed by atoms with van der Waals surface area (Å²) >= 11 is 0. The molecule has 0 heterocycles. The first-order valence-corrected chi connectivity index (χ1v) is 7.13. The lowest BCUT2D eigenvalue weighted by atomic mass is 9.47. The summed E-state index contributed by atoms with van der Waals surface area (Å²) in [6.07, 6.45) is 3.69. The minimum Gasteiger partial charge on any atom is -0.396 e. The van der Waals surface area contributed by atoms with E-state index in [0.29, 0.717) is 6.42 Å². The Balaban J connectivity index is 2.43. The fourth-order valence-electron chi connectivity index (χ4n) is 4.44. The largest absolute Gasteiger partial charge is 0.396 e. The van der Waals surface area contributed by atoms with Gasteiger partial charge in [-0.2, -0.15) is 0 Å². The number of fused-ring (bicyclic) bond motifs is 1. The molecule has 0 bridgehead atoms. The SMILES string of the molecule is C[C@]1(CO)C2CC=C(CO)[C@@H](CO)[C@]2(C)CC[C@H]1O. The Morgan fingerprint density at radius 3 is 2.47 bits per heavy atom. The van der Waals surface area contributed by atoms with Gasteiger partial charge in [0.15, 0.2) is 0 Å². The topological polar surface area (TPSA) is 80.9 Å². The minimum atomic E-state index is -0.530. The number of aliphatic hydroxyl groups is 4. The lowest BCUT2D eigenvalue weighted by Gasteiger charge is -2.58. The molecule has 4 N–H and O–H groups in total. The number of rotatable bonds is 3. The molecule has 2 aliphatic rings. The summed E-state index contributed by atoms with van der Waals surface area (Å²) in [5.41, 5.74) is 0.203. The predicted molar refractivity (Wildman–Crippen MR) is 72.4 cm³/mol. The van der Waals surface area contributed by atoms with Crippen LogP contribution in [0.25, 0.3) is 0 Å². The maximum absolute atomic E-state index is 10.3. The molecule has 0 aromatic heterocycles. The van der Waals surface area contributed by atoms with Gasteiger partial charge in [0.05, 0.1) is 25.9 Å². The van der Waals surface area contributed by atoms with Crippen LogP contribution in [0, 0.1) is 22.7 Å². The second kappa shape index (κ2) is 5.17. The molecule has 0 radical (unpaired) electrons. The molecule has 4 nitrogen and oxygen atoms in total. The van der Waals surface area contributed by atoms with E-state index >= 15 is 0 Å². The maximum Gasteiger partial charge on any atom is 0.0645 e. The zero-order valence-electron chi connectivity index (χ0n) is 11.8. The van der Waals surface area contributed by atoms with Gasteiger partial charge in [0.1, 0.15) is 0 Å². The van der Waals surface area contributed by atoms with E-state index in [9.17, 15) is 20.4 Å². The summed E-state index contributed by atoms with van der Waals surface area (Å²) < 4.78 is 0. The van der Waals surface area contributed by atoms with E-state index in [1.54, 1.807) is 0 Å². The predicted octanol–water partition coefficient (Wildman–Crippen LogP) is 0.693. The molecule has 1 saturated carbocycles. The molecule has 19 heavy (non-hydrogen) atoms. The van der Waals surface area contributed by atoms with Crippen LogP contribution in [0.4, 0.5) is 0 Å². The quantitative estimate of drug-likeness (QED) is 0.569. The van der Waals surface area contributed by atoms with Crippen molar-refractivity contribution < 1.29 is 20.4 Å². The first-order valence-electron chi connectivity index (χ1n) is 7.13. The maximum atomic E-state index is 10.3. The van der Waals surface area contributed by atoms with Crippen molar-refractivity contribution in [3.05, 3.63) is 11.6 Å². The van der Waals surface area contributed by atoms with E-state index in [4.69, 9.17) is 0 Å². The molecule has 0 aliphatic heterocycles. The summed E-state index contributed by atoms with van der Waals surface area (Å²) in [4.78, 5) is 0. The van der Waals surface area contributed by atoms with Crippen LogP contribution in [0.5, 0.6) is 0 Å². The van der Waals surface area contributed by atoms with Crippen molar-refractivity contribution in [1.82, 2.24) is 0 Å². The lowest BCUT2D eigenvalue weighted by molar-refractivity contribution is -0.149. The molecule has 0 aromatic carbocycles. The molecule has 4 heteroatoms. The van der Waals surface area contributed by atoms with E-state index < -0.39 is 11.5 Å². The summed E-state index contributed by atoms with van der Waals surface area (Å²) in [5.74, 6) is 0.0517. The Bertz CT molecular complexity index is 367. The number of aliphatic hydroxyl groups excluding tert-OH is 4. The normalized spacial score (nSPS) is 46.6. The van der Waals surface area contributed by atoms with Crippen LogP contribution in [-0.2, 0) is 0 Å². The third kappa shape index (κ3) is 2.05. The summed E-state index contributed by atoms with van der Waals surface area (Å²) in [6, 6.07) is 0. The number of allylic oxidation sites excluding steroid dienone is 1. The van der Waals surface area contributed by atoms with Crippen LogP contribution in [-0.4, -0.2) is 46.4 Å². The van der Waals surface area contributed by atoms with Crippen LogP contribution in [0.2, 0.25) is 0 Å². The molecule has 1 fully saturated rings. The molecule has 1 unspecified atom stereocenters. The Morgan fingerprint density at radius 2 is 1.95 bits per heavy atom. The van der Waals surface area contributed by atoms with E-state index in [1.807, 2.05) is 13.0 Å². The smallest absolute Gasteiger partial charge is 0.0645 e. The molecule has 5 atom stereocenters. The molecule has 0 amide bonds. The van der Waals surface area contributed by atoms with Crippen LogP contribution in [0.1, 0.15) is 33.1 Å². The van der Waals surface area contributed by atoms with Crippen molar-refractivity contribution in [2.24, 2.45) is 22.7 Å². The lowest BCUT2D eigenvalue weighted by Crippen LogP contribution is -2.57. The minimum absolute atomic E-state index is 0.0109. The molecular formula is C15H26O4. The average molecular weight is 270 g/mol. The highest BCUT2D eigenvalue weighted by Gasteiger charge is 2.56. The fourth-order valence-corrected chi connectivity index (χ4v) is 4.44. The van der Waals surface area contributed by atoms with Gasteiger partial charge in [-0.1, -0.05) is 19.9 Å². The first-order chi connectivity index (χ1) is 8.94. The molecule has 2 aliphatic carbocycles. The van der Waals surface area contributed by atoms with Crippen LogP contribution in [0.3, 0.4) is 0 Å². The molecule has 0 saturated heterocycles. The van der Waals surface area contributed by atoms with Crippen LogP contribution in [0.15, 0.2) is 11.6 Å². The Kier molecular flexibility index (Phi) is 4.07. The Morgan fingerprint density at radius 1 is 1.26 bits per heavy atom. The summed E-state index contributed by atoms with van der Waals surface area (Å²) in [5, 5.41) is 39.2. The van der Waals surface area contributed by atoms with Gasteiger partial charge >= 0.3 is 0 Å². The summed E-state index contributed by atoms with van der Waals surface area (Å²) in [7, 11) is 0. The van der Waals surface area contributed by atoms with E-state index in [1.165, 1.54) is 0 Å². The van der Waals surface area contributed by atoms with E-state index in [0.717, 1.165) is 18.4 Å². The zero-order valence-corrected chi connectivity index (χ0v) is 11.8. The highest BCUT2D eigenvalue weighted by molar-refractivity contribution is 5.21. The standard InChI is InChI=1S/C15H26O4/c1-14-6-5-13(19)15(2,9-18)12(14)4-3-10(7-16)11(14)8-17/h3,11-13,16-19H,4-9H2,1-2H3/t11-,12?,13-,14+,15+/m1/s1. The fraction of sp³-hybridized carbons (Fsp3) is 0.867. The van der Waals surface area contributed by atoms with Crippen molar-refractivity contribution in [1.29, 1.82) is 0 Å². The van der Waals surface area contributed by atoms with Gasteiger partial charge in [-0.15, -0.1) is 0 Å². The van der Waals surface area contributed by atoms with Crippen molar-refractivity contribution in [2.45, 2.75) is 39.2 Å². The Labute approximate surface area is 114 Å². The molecule has 2 rings (SSSR count). The van der Waals surface area contributed by atoms with Crippen molar-refractivity contribution >= 4 is 0 Å². The van der Waals surface area contributed by atoms with Crippen LogP contribution < -0.4 is 0 Å². The Hall–Kier alpha value is -0.420. The van der Waals surface area contributed by atoms with Crippen molar-refractivity contribution in [3.63, 3.8) is 0 Å². The van der Waals surface area contributed by atoms with Crippen LogP contribution >= 0.6 is 0 Å². The molecule has 0 spiro atoms. The van der Waals surface area contributed by atoms with Gasteiger partial charge in [0.25, 0.3) is 0 Å².